The number of hydrogen-bond donors (Lipinski definition) is 2. The number of carbonyl (C=O) groups excluding carboxylic acids is 2. The van der Waals surface area contributed by atoms with Crippen LogP contribution >= 0.6 is 11.3 Å². The van der Waals surface area contributed by atoms with Crippen LogP contribution in [0.3, 0.4) is 0 Å². The molecule has 1 aromatic rings. The molecule has 0 unspecified atom stereocenters. The van der Waals surface area contributed by atoms with E-state index < -0.39 is 0 Å². The predicted octanol–water partition coefficient (Wildman–Crippen LogP) is 0.461. The third kappa shape index (κ3) is 3.30. The lowest BCUT2D eigenvalue weighted by molar-refractivity contribution is -0.131. The number of rotatable bonds is 6. The number of aliphatic hydroxyl groups is 1. The average molecular weight is 268 g/mol. The SMILES string of the molecule is O=C(NCC(=O)N(CCO)C1CC1)c1cccs1. The summed E-state index contributed by atoms with van der Waals surface area (Å²) in [5, 5.41) is 13.3. The van der Waals surface area contributed by atoms with Crippen molar-refractivity contribution in [3.8, 4) is 0 Å². The monoisotopic (exact) mass is 268 g/mol. The molecule has 18 heavy (non-hydrogen) atoms. The Labute approximate surface area is 109 Å². The molecular weight excluding hydrogens is 252 g/mol. The van der Waals surface area contributed by atoms with Crippen molar-refractivity contribution in [2.24, 2.45) is 0 Å². The molecule has 2 amide bonds. The van der Waals surface area contributed by atoms with Gasteiger partial charge in [0.2, 0.25) is 5.91 Å². The summed E-state index contributed by atoms with van der Waals surface area (Å²) in [6.45, 7) is 0.298. The van der Waals surface area contributed by atoms with Crippen molar-refractivity contribution < 1.29 is 14.7 Å². The number of aliphatic hydroxyl groups excluding tert-OH is 1. The fourth-order valence-electron chi connectivity index (χ4n) is 1.76. The summed E-state index contributed by atoms with van der Waals surface area (Å²) in [7, 11) is 0. The van der Waals surface area contributed by atoms with Crippen LogP contribution in [0.1, 0.15) is 22.5 Å². The van der Waals surface area contributed by atoms with Crippen LogP contribution in [0.4, 0.5) is 0 Å². The number of thiophene rings is 1. The standard InChI is InChI=1S/C12H16N2O3S/c15-6-5-14(9-3-4-9)11(16)8-13-12(17)10-2-1-7-18-10/h1-2,7,9,15H,3-6,8H2,(H,13,17). The molecule has 0 aliphatic heterocycles. The smallest absolute Gasteiger partial charge is 0.261 e. The van der Waals surface area contributed by atoms with E-state index in [2.05, 4.69) is 5.32 Å². The molecule has 6 heteroatoms. The van der Waals surface area contributed by atoms with Crippen molar-refractivity contribution in [1.82, 2.24) is 10.2 Å². The van der Waals surface area contributed by atoms with Crippen molar-refractivity contribution in [3.05, 3.63) is 22.4 Å². The van der Waals surface area contributed by atoms with Crippen molar-refractivity contribution in [3.63, 3.8) is 0 Å². The van der Waals surface area contributed by atoms with E-state index >= 15 is 0 Å². The van der Waals surface area contributed by atoms with Crippen LogP contribution in [0.5, 0.6) is 0 Å². The topological polar surface area (TPSA) is 69.6 Å². The van der Waals surface area contributed by atoms with E-state index in [9.17, 15) is 9.59 Å². The molecular formula is C12H16N2O3S. The van der Waals surface area contributed by atoms with Gasteiger partial charge >= 0.3 is 0 Å². The highest BCUT2D eigenvalue weighted by Gasteiger charge is 2.31. The number of nitrogens with zero attached hydrogens (tertiary/aromatic N) is 1. The van der Waals surface area contributed by atoms with Gasteiger partial charge < -0.3 is 15.3 Å². The minimum atomic E-state index is -0.224. The van der Waals surface area contributed by atoms with Crippen LogP contribution in [0.2, 0.25) is 0 Å². The first-order chi connectivity index (χ1) is 8.72. The molecule has 1 aromatic heterocycles. The van der Waals surface area contributed by atoms with Gasteiger partial charge in [-0.25, -0.2) is 0 Å². The summed E-state index contributed by atoms with van der Waals surface area (Å²) in [6.07, 6.45) is 1.98. The second kappa shape index (κ2) is 5.97. The summed E-state index contributed by atoms with van der Waals surface area (Å²) >= 11 is 1.34. The highest BCUT2D eigenvalue weighted by Crippen LogP contribution is 2.26. The van der Waals surface area contributed by atoms with Gasteiger partial charge in [-0.05, 0) is 24.3 Å². The van der Waals surface area contributed by atoms with Crippen molar-refractivity contribution in [2.45, 2.75) is 18.9 Å². The molecule has 1 saturated carbocycles. The number of nitrogens with one attached hydrogen (secondary N) is 1. The molecule has 98 valence electrons. The van der Waals surface area contributed by atoms with Gasteiger partial charge in [-0.15, -0.1) is 11.3 Å². The van der Waals surface area contributed by atoms with E-state index in [-0.39, 0.29) is 31.0 Å². The fraction of sp³-hybridized carbons (Fsp3) is 0.500. The zero-order valence-corrected chi connectivity index (χ0v) is 10.8. The Kier molecular flexibility index (Phi) is 4.33. The zero-order valence-electron chi connectivity index (χ0n) is 9.96. The molecule has 2 rings (SSSR count). The van der Waals surface area contributed by atoms with Gasteiger partial charge in [0.05, 0.1) is 18.0 Å². The largest absolute Gasteiger partial charge is 0.395 e. The van der Waals surface area contributed by atoms with Gasteiger partial charge in [0, 0.05) is 12.6 Å². The minimum absolute atomic E-state index is 0.00671. The Balaban J connectivity index is 1.81. The Morgan fingerprint density at radius 2 is 2.28 bits per heavy atom. The highest BCUT2D eigenvalue weighted by atomic mass is 32.1. The van der Waals surface area contributed by atoms with Gasteiger partial charge in [0.1, 0.15) is 0 Å². The Morgan fingerprint density at radius 1 is 1.50 bits per heavy atom. The third-order valence-electron chi connectivity index (χ3n) is 2.79. The lowest BCUT2D eigenvalue weighted by Crippen LogP contribution is -2.42. The van der Waals surface area contributed by atoms with Crippen LogP contribution < -0.4 is 5.32 Å². The number of amides is 2. The number of hydrogen-bond acceptors (Lipinski definition) is 4. The lowest BCUT2D eigenvalue weighted by atomic mass is 10.4. The molecule has 1 heterocycles. The van der Waals surface area contributed by atoms with Crippen LogP contribution in [-0.2, 0) is 4.79 Å². The first-order valence-corrected chi connectivity index (χ1v) is 6.82. The van der Waals surface area contributed by atoms with Gasteiger partial charge in [0.25, 0.3) is 5.91 Å². The summed E-state index contributed by atoms with van der Waals surface area (Å²) in [6, 6.07) is 3.77. The molecule has 0 aromatic carbocycles. The van der Waals surface area contributed by atoms with Gasteiger partial charge in [-0.2, -0.15) is 0 Å². The van der Waals surface area contributed by atoms with E-state index in [1.165, 1.54) is 11.3 Å². The molecule has 2 N–H and O–H groups in total. The van der Waals surface area contributed by atoms with E-state index in [0.717, 1.165) is 12.8 Å². The normalized spacial score (nSPS) is 14.3. The molecule has 1 aliphatic carbocycles. The summed E-state index contributed by atoms with van der Waals surface area (Å²) in [5.41, 5.74) is 0. The average Bonchev–Trinajstić information content (AvgIpc) is 3.06. The van der Waals surface area contributed by atoms with E-state index in [4.69, 9.17) is 5.11 Å². The quantitative estimate of drug-likeness (QED) is 0.787. The molecule has 1 fully saturated rings. The van der Waals surface area contributed by atoms with Crippen molar-refractivity contribution in [1.29, 1.82) is 0 Å². The highest BCUT2D eigenvalue weighted by molar-refractivity contribution is 7.12. The summed E-state index contributed by atoms with van der Waals surface area (Å²) in [5.74, 6) is -0.352. The van der Waals surface area contributed by atoms with Crippen LogP contribution in [0, 0.1) is 0 Å². The second-order valence-electron chi connectivity index (χ2n) is 4.20. The summed E-state index contributed by atoms with van der Waals surface area (Å²) in [4.78, 5) is 25.8. The van der Waals surface area contributed by atoms with Crippen LogP contribution in [0.25, 0.3) is 0 Å². The molecule has 1 aliphatic rings. The van der Waals surface area contributed by atoms with Crippen LogP contribution in [-0.4, -0.2) is 47.6 Å². The minimum Gasteiger partial charge on any atom is -0.395 e. The maximum absolute atomic E-state index is 11.9. The van der Waals surface area contributed by atoms with Crippen LogP contribution in [0.15, 0.2) is 17.5 Å². The van der Waals surface area contributed by atoms with E-state index in [1.807, 2.05) is 5.38 Å². The molecule has 5 nitrogen and oxygen atoms in total. The molecule has 0 atom stereocenters. The van der Waals surface area contributed by atoms with Crippen molar-refractivity contribution >= 4 is 23.2 Å². The molecule has 0 spiro atoms. The maximum atomic E-state index is 11.9. The molecule has 0 saturated heterocycles. The Bertz CT molecular complexity index is 415. The molecule has 0 bridgehead atoms. The van der Waals surface area contributed by atoms with Gasteiger partial charge in [-0.3, -0.25) is 9.59 Å². The van der Waals surface area contributed by atoms with Crippen molar-refractivity contribution in [2.75, 3.05) is 19.7 Å². The third-order valence-corrected chi connectivity index (χ3v) is 3.66. The Hall–Kier alpha value is -1.40. The first-order valence-electron chi connectivity index (χ1n) is 5.94. The number of carbonyl (C=O) groups is 2. The summed E-state index contributed by atoms with van der Waals surface area (Å²) < 4.78 is 0. The van der Waals surface area contributed by atoms with Gasteiger partial charge in [0.15, 0.2) is 0 Å². The zero-order chi connectivity index (χ0) is 13.0. The van der Waals surface area contributed by atoms with E-state index in [1.54, 1.807) is 17.0 Å². The fourth-order valence-corrected chi connectivity index (χ4v) is 2.40. The first kappa shape index (κ1) is 13.0. The van der Waals surface area contributed by atoms with Gasteiger partial charge in [-0.1, -0.05) is 6.07 Å². The Morgan fingerprint density at radius 3 is 2.83 bits per heavy atom. The molecule has 0 radical (unpaired) electrons. The maximum Gasteiger partial charge on any atom is 0.261 e. The second-order valence-corrected chi connectivity index (χ2v) is 5.15. The lowest BCUT2D eigenvalue weighted by Gasteiger charge is -2.21. The van der Waals surface area contributed by atoms with E-state index in [0.29, 0.717) is 11.4 Å². The predicted molar refractivity (Wildman–Crippen MR) is 68.5 cm³/mol.